The molecule has 0 fully saturated rings. The molecule has 100 valence electrons. The van der Waals surface area contributed by atoms with Crippen molar-refractivity contribution in [1.29, 1.82) is 0 Å². The summed E-state index contributed by atoms with van der Waals surface area (Å²) in [5, 5.41) is 0.819. The summed E-state index contributed by atoms with van der Waals surface area (Å²) in [6.07, 6.45) is 2.23. The average molecular weight is 374 g/mol. The molecule has 0 saturated heterocycles. The van der Waals surface area contributed by atoms with E-state index in [-0.39, 0.29) is 0 Å². The summed E-state index contributed by atoms with van der Waals surface area (Å²) in [5.41, 5.74) is 2.84. The summed E-state index contributed by atoms with van der Waals surface area (Å²) in [4.78, 5) is 3.43. The van der Waals surface area contributed by atoms with Gasteiger partial charge in [0.25, 0.3) is 0 Å². The molecule has 2 heterocycles. The van der Waals surface area contributed by atoms with Gasteiger partial charge < -0.3 is 0 Å². The zero-order valence-corrected chi connectivity index (χ0v) is 14.3. The van der Waals surface area contributed by atoms with Gasteiger partial charge in [-0.3, -0.25) is 0 Å². The molecule has 1 unspecified atom stereocenters. The van der Waals surface area contributed by atoms with Gasteiger partial charge in [0, 0.05) is 20.5 Å². The highest BCUT2D eigenvalue weighted by molar-refractivity contribution is 9.09. The van der Waals surface area contributed by atoms with Crippen LogP contribution >= 0.6 is 50.6 Å². The fourth-order valence-electron chi connectivity index (χ4n) is 2.30. The van der Waals surface area contributed by atoms with Crippen molar-refractivity contribution in [2.24, 2.45) is 0 Å². The molecule has 2 aromatic rings. The highest BCUT2D eigenvalue weighted by Gasteiger charge is 2.18. The van der Waals surface area contributed by atoms with Crippen LogP contribution in [0.3, 0.4) is 0 Å². The van der Waals surface area contributed by atoms with Crippen molar-refractivity contribution in [2.75, 3.05) is 5.75 Å². The molecule has 0 aliphatic carbocycles. The number of halogens is 2. The molecule has 1 atom stereocenters. The van der Waals surface area contributed by atoms with E-state index >= 15 is 0 Å². The summed E-state index contributed by atoms with van der Waals surface area (Å²) in [6.45, 7) is 0. The zero-order valence-electron chi connectivity index (χ0n) is 10.4. The lowest BCUT2D eigenvalue weighted by Gasteiger charge is -2.08. The summed E-state index contributed by atoms with van der Waals surface area (Å²) in [6, 6.07) is 10.5. The van der Waals surface area contributed by atoms with E-state index in [9.17, 15) is 0 Å². The first-order valence-corrected chi connectivity index (χ1v) is 9.56. The summed E-state index contributed by atoms with van der Waals surface area (Å²) >= 11 is 13.9. The standard InChI is InChI=1S/C15H14BrClS2/c16-13(7-10-2-1-3-12(17)6-10)15-8-11-9-18-5-4-14(11)19-15/h1-3,6,8,13H,4-5,7,9H2. The Morgan fingerprint density at radius 2 is 2.21 bits per heavy atom. The van der Waals surface area contributed by atoms with Gasteiger partial charge in [-0.2, -0.15) is 11.8 Å². The van der Waals surface area contributed by atoms with E-state index in [1.807, 2.05) is 35.2 Å². The molecule has 0 bridgehead atoms. The second-order valence-corrected chi connectivity index (χ2v) is 8.52. The number of aryl methyl sites for hydroxylation is 1. The third-order valence-corrected chi connectivity index (χ3v) is 6.97. The Balaban J connectivity index is 1.76. The molecular weight excluding hydrogens is 360 g/mol. The van der Waals surface area contributed by atoms with Crippen LogP contribution in [-0.4, -0.2) is 5.75 Å². The number of fused-ring (bicyclic) bond motifs is 1. The lowest BCUT2D eigenvalue weighted by atomic mass is 10.1. The molecule has 0 amide bonds. The summed E-state index contributed by atoms with van der Waals surface area (Å²) in [7, 11) is 0. The highest BCUT2D eigenvalue weighted by Crippen LogP contribution is 2.38. The molecule has 0 spiro atoms. The molecule has 0 nitrogen and oxygen atoms in total. The van der Waals surface area contributed by atoms with Crippen LogP contribution in [0, 0.1) is 0 Å². The summed E-state index contributed by atoms with van der Waals surface area (Å²) < 4.78 is 0. The van der Waals surface area contributed by atoms with Crippen molar-refractivity contribution in [1.82, 2.24) is 0 Å². The zero-order chi connectivity index (χ0) is 13.2. The topological polar surface area (TPSA) is 0 Å². The van der Waals surface area contributed by atoms with Gasteiger partial charge in [0.1, 0.15) is 0 Å². The second-order valence-electron chi connectivity index (χ2n) is 4.70. The maximum Gasteiger partial charge on any atom is 0.0529 e. The van der Waals surface area contributed by atoms with Crippen LogP contribution in [0.5, 0.6) is 0 Å². The lowest BCUT2D eigenvalue weighted by Crippen LogP contribution is -1.96. The first kappa shape index (κ1) is 14.0. The Morgan fingerprint density at radius 3 is 3.00 bits per heavy atom. The maximum absolute atomic E-state index is 6.04. The molecule has 0 radical (unpaired) electrons. The smallest absolute Gasteiger partial charge is 0.0529 e. The normalized spacial score (nSPS) is 16.1. The van der Waals surface area contributed by atoms with Crippen molar-refractivity contribution in [3.05, 3.63) is 56.2 Å². The Hall–Kier alpha value is 0.0400. The molecule has 1 aromatic heterocycles. The van der Waals surface area contributed by atoms with E-state index in [0.29, 0.717) is 4.83 Å². The van der Waals surface area contributed by atoms with Crippen LogP contribution in [0.2, 0.25) is 5.02 Å². The molecule has 19 heavy (non-hydrogen) atoms. The van der Waals surface area contributed by atoms with E-state index in [1.54, 1.807) is 10.4 Å². The molecular formula is C15H14BrClS2. The van der Waals surface area contributed by atoms with Crippen molar-refractivity contribution in [3.8, 4) is 0 Å². The fourth-order valence-corrected chi connectivity index (χ4v) is 5.65. The van der Waals surface area contributed by atoms with Crippen LogP contribution in [-0.2, 0) is 18.6 Å². The predicted molar refractivity (Wildman–Crippen MR) is 91.0 cm³/mol. The van der Waals surface area contributed by atoms with E-state index in [4.69, 9.17) is 11.6 Å². The Morgan fingerprint density at radius 1 is 1.32 bits per heavy atom. The SMILES string of the molecule is Clc1cccc(CC(Br)c2cc3c(s2)CCSC3)c1. The van der Waals surface area contributed by atoms with E-state index in [0.717, 1.165) is 11.4 Å². The molecule has 0 saturated carbocycles. The van der Waals surface area contributed by atoms with Gasteiger partial charge in [-0.25, -0.2) is 0 Å². The third-order valence-electron chi connectivity index (χ3n) is 3.26. The van der Waals surface area contributed by atoms with Crippen molar-refractivity contribution in [2.45, 2.75) is 23.4 Å². The largest absolute Gasteiger partial charge is 0.157 e. The average Bonchev–Trinajstić information content (AvgIpc) is 2.82. The van der Waals surface area contributed by atoms with Gasteiger partial charge in [0.15, 0.2) is 0 Å². The Kier molecular flexibility index (Phi) is 4.58. The molecule has 1 aliphatic rings. The van der Waals surface area contributed by atoms with Crippen LogP contribution in [0.25, 0.3) is 0 Å². The van der Waals surface area contributed by atoms with Gasteiger partial charge in [-0.15, -0.1) is 11.3 Å². The summed E-state index contributed by atoms with van der Waals surface area (Å²) in [5.74, 6) is 2.46. The van der Waals surface area contributed by atoms with Crippen molar-refractivity contribution < 1.29 is 0 Å². The van der Waals surface area contributed by atoms with Crippen LogP contribution in [0.15, 0.2) is 30.3 Å². The number of hydrogen-bond acceptors (Lipinski definition) is 2. The van der Waals surface area contributed by atoms with Crippen LogP contribution in [0.4, 0.5) is 0 Å². The fraction of sp³-hybridized carbons (Fsp3) is 0.333. The number of thiophene rings is 1. The minimum atomic E-state index is 0.395. The number of hydrogen-bond donors (Lipinski definition) is 0. The first-order chi connectivity index (χ1) is 9.22. The van der Waals surface area contributed by atoms with Gasteiger partial charge in [0.05, 0.1) is 4.83 Å². The molecule has 4 heteroatoms. The number of rotatable bonds is 3. The minimum absolute atomic E-state index is 0.395. The molecule has 1 aliphatic heterocycles. The van der Waals surface area contributed by atoms with Crippen LogP contribution < -0.4 is 0 Å². The van der Waals surface area contributed by atoms with Gasteiger partial charge >= 0.3 is 0 Å². The van der Waals surface area contributed by atoms with Crippen molar-refractivity contribution in [3.63, 3.8) is 0 Å². The molecule has 1 aromatic carbocycles. The molecule has 3 rings (SSSR count). The number of alkyl halides is 1. The second kappa shape index (κ2) is 6.21. The lowest BCUT2D eigenvalue weighted by molar-refractivity contribution is 0.968. The molecule has 0 N–H and O–H groups in total. The maximum atomic E-state index is 6.04. The van der Waals surface area contributed by atoms with Crippen molar-refractivity contribution >= 4 is 50.6 Å². The highest BCUT2D eigenvalue weighted by atomic mass is 79.9. The minimum Gasteiger partial charge on any atom is -0.157 e. The number of benzene rings is 1. The first-order valence-electron chi connectivity index (χ1n) is 6.30. The van der Waals surface area contributed by atoms with Gasteiger partial charge in [-0.1, -0.05) is 39.7 Å². The Bertz CT molecular complexity index is 556. The van der Waals surface area contributed by atoms with Crippen LogP contribution in [0.1, 0.15) is 25.7 Å². The quantitative estimate of drug-likeness (QED) is 0.606. The Labute approximate surface area is 135 Å². The van der Waals surface area contributed by atoms with E-state index in [2.05, 4.69) is 34.1 Å². The third kappa shape index (κ3) is 3.38. The number of thioether (sulfide) groups is 1. The van der Waals surface area contributed by atoms with Gasteiger partial charge in [-0.05, 0) is 47.9 Å². The van der Waals surface area contributed by atoms with Gasteiger partial charge in [0.2, 0.25) is 0 Å². The van der Waals surface area contributed by atoms with E-state index in [1.165, 1.54) is 28.4 Å². The van der Waals surface area contributed by atoms with E-state index < -0.39 is 0 Å². The predicted octanol–water partition coefficient (Wildman–Crippen LogP) is 5.87. The monoisotopic (exact) mass is 372 g/mol.